The third-order valence-corrected chi connectivity index (χ3v) is 4.94. The highest BCUT2D eigenvalue weighted by Gasteiger charge is 2.21. The third-order valence-electron chi connectivity index (χ3n) is 4.94. The quantitative estimate of drug-likeness (QED) is 0.574. The fraction of sp³-hybridized carbons (Fsp3) is 0.360. The van der Waals surface area contributed by atoms with Crippen LogP contribution in [0, 0.1) is 0 Å². The molecule has 0 aliphatic carbocycles. The van der Waals surface area contributed by atoms with Crippen LogP contribution in [0.3, 0.4) is 0 Å². The minimum absolute atomic E-state index is 0.182. The Morgan fingerprint density at radius 3 is 2.30 bits per heavy atom. The molecule has 0 heterocycles. The predicted octanol–water partition coefficient (Wildman–Crippen LogP) is 5.97. The highest BCUT2D eigenvalue weighted by atomic mass is 15.1. The number of rotatable bonds is 9. The molecule has 0 aliphatic rings. The summed E-state index contributed by atoms with van der Waals surface area (Å²) in [6.45, 7) is 19.9. The largest absolute Gasteiger partial charge is 0.372 e. The lowest BCUT2D eigenvalue weighted by molar-refractivity contribution is 0.430. The molecular weight excluding hydrogens is 328 g/mol. The van der Waals surface area contributed by atoms with Crippen molar-refractivity contribution in [2.75, 3.05) is 6.54 Å². The normalized spacial score (nSPS) is 11.3. The Morgan fingerprint density at radius 1 is 1.04 bits per heavy atom. The third kappa shape index (κ3) is 6.02. The van der Waals surface area contributed by atoms with Crippen molar-refractivity contribution in [3.8, 4) is 0 Å². The van der Waals surface area contributed by atoms with Crippen molar-refractivity contribution in [3.63, 3.8) is 0 Å². The van der Waals surface area contributed by atoms with E-state index < -0.39 is 0 Å². The van der Waals surface area contributed by atoms with Gasteiger partial charge in [0.05, 0.1) is 11.4 Å². The molecule has 0 saturated heterocycles. The summed E-state index contributed by atoms with van der Waals surface area (Å²) in [6.07, 6.45) is 0.959. The van der Waals surface area contributed by atoms with Crippen LogP contribution >= 0.6 is 0 Å². The van der Waals surface area contributed by atoms with Crippen molar-refractivity contribution < 1.29 is 0 Å². The maximum absolute atomic E-state index is 4.16. The first kappa shape index (κ1) is 20.8. The summed E-state index contributed by atoms with van der Waals surface area (Å²) < 4.78 is 0. The molecular formula is C25H34N2. The molecule has 2 N–H and O–H groups in total. The number of hydrogen-bond acceptors (Lipinski definition) is 2. The first-order valence-electron chi connectivity index (χ1n) is 9.75. The zero-order chi connectivity index (χ0) is 20.0. The minimum Gasteiger partial charge on any atom is -0.372 e. The molecule has 0 aromatic heterocycles. The number of benzene rings is 2. The van der Waals surface area contributed by atoms with Crippen molar-refractivity contribution in [2.45, 2.75) is 52.5 Å². The standard InChI is InChI=1S/C25H34N2/c1-18(2)22-13-11-21(12-14-22)15-16-26-20(5)27-25(6,7)24-10-8-9-23(17-24)19(3)4/h8-14,17,19,26-27H,1,5,15-16H2,2-4,6-7H3. The molecule has 0 radical (unpaired) electrons. The number of nitrogens with one attached hydrogen (secondary N) is 2. The molecule has 0 fully saturated rings. The van der Waals surface area contributed by atoms with Crippen molar-refractivity contribution in [1.82, 2.24) is 10.6 Å². The Hall–Kier alpha value is -2.48. The molecule has 0 spiro atoms. The zero-order valence-corrected chi connectivity index (χ0v) is 17.5. The molecule has 144 valence electrons. The van der Waals surface area contributed by atoms with Gasteiger partial charge in [-0.15, -0.1) is 0 Å². The lowest BCUT2D eigenvalue weighted by Crippen LogP contribution is -2.40. The second kappa shape index (κ2) is 8.94. The Bertz CT molecular complexity index is 782. The summed E-state index contributed by atoms with van der Waals surface area (Å²) in [5, 5.41) is 6.94. The summed E-state index contributed by atoms with van der Waals surface area (Å²) in [6, 6.07) is 17.4. The molecule has 0 atom stereocenters. The van der Waals surface area contributed by atoms with Gasteiger partial charge >= 0.3 is 0 Å². The lowest BCUT2D eigenvalue weighted by Gasteiger charge is -2.30. The van der Waals surface area contributed by atoms with E-state index in [4.69, 9.17) is 0 Å². The summed E-state index contributed by atoms with van der Waals surface area (Å²) >= 11 is 0. The molecule has 0 unspecified atom stereocenters. The van der Waals surface area contributed by atoms with Crippen LogP contribution in [0.1, 0.15) is 62.8 Å². The van der Waals surface area contributed by atoms with Gasteiger partial charge in [0.25, 0.3) is 0 Å². The van der Waals surface area contributed by atoms with E-state index in [9.17, 15) is 0 Å². The van der Waals surface area contributed by atoms with Crippen LogP contribution in [0.4, 0.5) is 0 Å². The topological polar surface area (TPSA) is 24.1 Å². The van der Waals surface area contributed by atoms with Gasteiger partial charge in [0.15, 0.2) is 0 Å². The van der Waals surface area contributed by atoms with Crippen LogP contribution in [0.5, 0.6) is 0 Å². The van der Waals surface area contributed by atoms with Crippen LogP contribution in [0.25, 0.3) is 5.57 Å². The number of hydrogen-bond donors (Lipinski definition) is 2. The average molecular weight is 363 g/mol. The molecule has 2 aromatic rings. The monoisotopic (exact) mass is 362 g/mol. The molecule has 0 aliphatic heterocycles. The van der Waals surface area contributed by atoms with Crippen LogP contribution < -0.4 is 10.6 Å². The van der Waals surface area contributed by atoms with Gasteiger partial charge in [-0.25, -0.2) is 0 Å². The highest BCUT2D eigenvalue weighted by molar-refractivity contribution is 5.61. The van der Waals surface area contributed by atoms with E-state index in [1.807, 2.05) is 6.92 Å². The fourth-order valence-electron chi connectivity index (χ4n) is 3.09. The van der Waals surface area contributed by atoms with Crippen molar-refractivity contribution in [1.29, 1.82) is 0 Å². The van der Waals surface area contributed by atoms with Crippen molar-refractivity contribution in [3.05, 3.63) is 89.8 Å². The van der Waals surface area contributed by atoms with Crippen LogP contribution in [-0.4, -0.2) is 6.54 Å². The predicted molar refractivity (Wildman–Crippen MR) is 119 cm³/mol. The Kier molecular flexibility index (Phi) is 6.90. The second-order valence-electron chi connectivity index (χ2n) is 8.16. The van der Waals surface area contributed by atoms with E-state index in [0.717, 1.165) is 24.4 Å². The van der Waals surface area contributed by atoms with Gasteiger partial charge in [0.2, 0.25) is 0 Å². The molecule has 2 rings (SSSR count). The fourth-order valence-corrected chi connectivity index (χ4v) is 3.09. The highest BCUT2D eigenvalue weighted by Crippen LogP contribution is 2.24. The molecule has 2 aromatic carbocycles. The van der Waals surface area contributed by atoms with E-state index in [2.05, 4.69) is 100 Å². The minimum atomic E-state index is -0.182. The summed E-state index contributed by atoms with van der Waals surface area (Å²) in [5.74, 6) is 1.38. The summed E-state index contributed by atoms with van der Waals surface area (Å²) in [4.78, 5) is 0. The molecule has 0 saturated carbocycles. The van der Waals surface area contributed by atoms with E-state index in [1.54, 1.807) is 0 Å². The Balaban J connectivity index is 1.88. The molecule has 0 amide bonds. The maximum atomic E-state index is 4.16. The first-order valence-corrected chi connectivity index (χ1v) is 9.75. The molecule has 2 nitrogen and oxygen atoms in total. The van der Waals surface area contributed by atoms with Gasteiger partial charge in [-0.2, -0.15) is 0 Å². The number of allylic oxidation sites excluding steroid dienone is 1. The summed E-state index contributed by atoms with van der Waals surface area (Å²) in [7, 11) is 0. The first-order chi connectivity index (χ1) is 12.7. The van der Waals surface area contributed by atoms with Gasteiger partial charge in [0, 0.05) is 6.54 Å². The summed E-state index contributed by atoms with van der Waals surface area (Å²) in [5.41, 5.74) is 6.05. The van der Waals surface area contributed by atoms with Crippen LogP contribution in [-0.2, 0) is 12.0 Å². The maximum Gasteiger partial charge on any atom is 0.0919 e. The Morgan fingerprint density at radius 2 is 1.70 bits per heavy atom. The van der Waals surface area contributed by atoms with Crippen molar-refractivity contribution >= 4 is 5.57 Å². The van der Waals surface area contributed by atoms with Crippen LogP contribution in [0.15, 0.2) is 67.5 Å². The van der Waals surface area contributed by atoms with Gasteiger partial charge in [-0.3, -0.25) is 0 Å². The second-order valence-corrected chi connectivity index (χ2v) is 8.16. The van der Waals surface area contributed by atoms with E-state index in [1.165, 1.54) is 22.3 Å². The van der Waals surface area contributed by atoms with Gasteiger partial charge < -0.3 is 10.6 Å². The van der Waals surface area contributed by atoms with Gasteiger partial charge in [-0.1, -0.05) is 81.1 Å². The molecule has 2 heteroatoms. The average Bonchev–Trinajstić information content (AvgIpc) is 2.62. The van der Waals surface area contributed by atoms with Gasteiger partial charge in [0.1, 0.15) is 0 Å². The van der Waals surface area contributed by atoms with E-state index in [0.29, 0.717) is 5.92 Å². The Labute approximate surface area is 165 Å². The van der Waals surface area contributed by atoms with Gasteiger partial charge in [-0.05, 0) is 55.4 Å². The van der Waals surface area contributed by atoms with E-state index in [-0.39, 0.29) is 5.54 Å². The molecule has 0 bridgehead atoms. The smallest absolute Gasteiger partial charge is 0.0919 e. The van der Waals surface area contributed by atoms with Crippen LogP contribution in [0.2, 0.25) is 0 Å². The zero-order valence-electron chi connectivity index (χ0n) is 17.5. The lowest BCUT2D eigenvalue weighted by atomic mass is 9.90. The van der Waals surface area contributed by atoms with Crippen molar-refractivity contribution in [2.24, 2.45) is 0 Å². The molecule has 27 heavy (non-hydrogen) atoms. The SMILES string of the molecule is C=C(NCCc1ccc(C(=C)C)cc1)NC(C)(C)c1cccc(C(C)C)c1. The van der Waals surface area contributed by atoms with E-state index >= 15 is 0 Å².